The molecule has 1 N–H and O–H groups in total. The normalized spacial score (nSPS) is 12.3. The van der Waals surface area contributed by atoms with Gasteiger partial charge in [-0.05, 0) is 20.8 Å². The van der Waals surface area contributed by atoms with Gasteiger partial charge in [-0.15, -0.1) is 0 Å². The zero-order valence-electron chi connectivity index (χ0n) is 24.1. The van der Waals surface area contributed by atoms with Crippen LogP contribution in [0.15, 0.2) is 116 Å². The fourth-order valence-corrected chi connectivity index (χ4v) is 5.13. The maximum absolute atomic E-state index is 12.8. The second kappa shape index (κ2) is 12.7. The lowest BCUT2D eigenvalue weighted by Gasteiger charge is -2.32. The highest BCUT2D eigenvalue weighted by molar-refractivity contribution is 5.81. The SMILES string of the molecule is C=CCn1c[n+](C(c2ccccc2)(c2ccccc2)c2ccccc2)cc1C[C@H](NC(=O)OC(C)(C)C)C(=O)OC. The summed E-state index contributed by atoms with van der Waals surface area (Å²) in [6.45, 7) is 9.76. The molecule has 0 bridgehead atoms. The number of hydrogen-bond donors (Lipinski definition) is 1. The first-order valence-electron chi connectivity index (χ1n) is 13.6. The monoisotopic (exact) mass is 552 g/mol. The summed E-state index contributed by atoms with van der Waals surface area (Å²) in [6, 6.07) is 30.0. The molecule has 1 amide bonds. The van der Waals surface area contributed by atoms with Crippen LogP contribution in [0.4, 0.5) is 4.79 Å². The molecule has 0 aliphatic heterocycles. The number of amides is 1. The van der Waals surface area contributed by atoms with Crippen LogP contribution in [0.3, 0.4) is 0 Å². The van der Waals surface area contributed by atoms with Crippen molar-refractivity contribution in [1.29, 1.82) is 0 Å². The number of esters is 1. The first-order valence-corrected chi connectivity index (χ1v) is 13.6. The Morgan fingerprint density at radius 1 is 0.902 bits per heavy atom. The van der Waals surface area contributed by atoms with Gasteiger partial charge in [0.1, 0.15) is 30.1 Å². The lowest BCUT2D eigenvalue weighted by Crippen LogP contribution is -2.57. The number of nitrogens with one attached hydrogen (secondary N) is 1. The van der Waals surface area contributed by atoms with Crippen molar-refractivity contribution in [3.8, 4) is 0 Å². The third kappa shape index (κ3) is 6.57. The minimum Gasteiger partial charge on any atom is -0.467 e. The largest absolute Gasteiger partial charge is 0.467 e. The number of nitrogens with zero attached hydrogens (tertiary/aromatic N) is 2. The van der Waals surface area contributed by atoms with Crippen LogP contribution in [0.25, 0.3) is 0 Å². The van der Waals surface area contributed by atoms with Crippen LogP contribution >= 0.6 is 0 Å². The van der Waals surface area contributed by atoms with Crippen molar-refractivity contribution in [3.63, 3.8) is 0 Å². The highest BCUT2D eigenvalue weighted by Crippen LogP contribution is 2.36. The smallest absolute Gasteiger partial charge is 0.408 e. The molecule has 4 rings (SSSR count). The third-order valence-corrected chi connectivity index (χ3v) is 6.80. The zero-order chi connectivity index (χ0) is 29.5. The highest BCUT2D eigenvalue weighted by Gasteiger charge is 2.44. The Morgan fingerprint density at radius 3 is 1.80 bits per heavy atom. The Morgan fingerprint density at radius 2 is 1.39 bits per heavy atom. The third-order valence-electron chi connectivity index (χ3n) is 6.80. The van der Waals surface area contributed by atoms with Crippen LogP contribution in [-0.2, 0) is 32.8 Å². The van der Waals surface area contributed by atoms with Crippen molar-refractivity contribution >= 4 is 12.1 Å². The molecule has 1 atom stereocenters. The van der Waals surface area contributed by atoms with E-state index in [0.717, 1.165) is 22.4 Å². The van der Waals surface area contributed by atoms with E-state index < -0.39 is 29.2 Å². The van der Waals surface area contributed by atoms with Gasteiger partial charge >= 0.3 is 12.1 Å². The average Bonchev–Trinajstić information content (AvgIpc) is 3.35. The van der Waals surface area contributed by atoms with Gasteiger partial charge < -0.3 is 14.8 Å². The predicted octanol–water partition coefficient (Wildman–Crippen LogP) is 5.41. The Bertz CT molecular complexity index is 1360. The van der Waals surface area contributed by atoms with Gasteiger partial charge in [0.2, 0.25) is 6.33 Å². The quantitative estimate of drug-likeness (QED) is 0.124. The number of rotatable bonds is 10. The number of hydrogen-bond acceptors (Lipinski definition) is 4. The lowest BCUT2D eigenvalue weighted by atomic mass is 9.77. The Kier molecular flexibility index (Phi) is 9.07. The molecule has 4 aromatic rings. The van der Waals surface area contributed by atoms with E-state index in [2.05, 4.69) is 52.9 Å². The molecule has 0 saturated heterocycles. The number of methoxy groups -OCH3 is 1. The van der Waals surface area contributed by atoms with E-state index in [0.29, 0.717) is 6.54 Å². The number of aromatic nitrogens is 2. The summed E-state index contributed by atoms with van der Waals surface area (Å²) in [6.07, 6.45) is 5.36. The minimum atomic E-state index is -0.957. The Hall–Kier alpha value is -4.65. The second-order valence-electron chi connectivity index (χ2n) is 10.8. The molecule has 212 valence electrons. The van der Waals surface area contributed by atoms with Gasteiger partial charge in [0.15, 0.2) is 5.54 Å². The van der Waals surface area contributed by atoms with E-state index in [1.54, 1.807) is 26.8 Å². The van der Waals surface area contributed by atoms with Gasteiger partial charge in [-0.3, -0.25) is 0 Å². The van der Waals surface area contributed by atoms with Gasteiger partial charge in [-0.1, -0.05) is 104 Å². The molecule has 0 saturated carbocycles. The number of carbonyl (C=O) groups is 2. The maximum atomic E-state index is 12.8. The first-order chi connectivity index (χ1) is 19.7. The molecule has 0 unspecified atom stereocenters. The van der Waals surface area contributed by atoms with Gasteiger partial charge in [0, 0.05) is 23.1 Å². The zero-order valence-corrected chi connectivity index (χ0v) is 24.1. The molecule has 3 aromatic carbocycles. The molecule has 0 fully saturated rings. The number of alkyl carbamates (subject to hydrolysis) is 1. The molecule has 0 aliphatic rings. The topological polar surface area (TPSA) is 73.4 Å². The number of ether oxygens (including phenoxy) is 2. The Balaban J connectivity index is 1.90. The van der Waals surface area contributed by atoms with E-state index >= 15 is 0 Å². The van der Waals surface area contributed by atoms with Crippen LogP contribution in [0.2, 0.25) is 0 Å². The van der Waals surface area contributed by atoms with Crippen LogP contribution in [-0.4, -0.2) is 35.4 Å². The van der Waals surface area contributed by atoms with Gasteiger partial charge in [-0.2, -0.15) is 0 Å². The molecule has 7 heteroatoms. The summed E-state index contributed by atoms with van der Waals surface area (Å²) in [4.78, 5) is 25.5. The van der Waals surface area contributed by atoms with Crippen molar-refractivity contribution in [2.24, 2.45) is 0 Å². The number of carbonyl (C=O) groups excluding carboxylic acids is 2. The van der Waals surface area contributed by atoms with Crippen molar-refractivity contribution in [2.45, 2.75) is 50.9 Å². The summed E-state index contributed by atoms with van der Waals surface area (Å²) in [5.41, 5.74) is 2.58. The summed E-state index contributed by atoms with van der Waals surface area (Å²) >= 11 is 0. The maximum Gasteiger partial charge on any atom is 0.408 e. The molecule has 0 aliphatic carbocycles. The number of allylic oxidation sites excluding steroid dienone is 1. The summed E-state index contributed by atoms with van der Waals surface area (Å²) in [7, 11) is 1.31. The van der Waals surface area contributed by atoms with Gasteiger partial charge in [0.25, 0.3) is 0 Å². The van der Waals surface area contributed by atoms with Crippen molar-refractivity contribution < 1.29 is 23.6 Å². The molecule has 41 heavy (non-hydrogen) atoms. The molecular weight excluding hydrogens is 514 g/mol. The number of benzene rings is 3. The minimum absolute atomic E-state index is 0.182. The van der Waals surface area contributed by atoms with Crippen LogP contribution in [0, 0.1) is 0 Å². The van der Waals surface area contributed by atoms with E-state index in [4.69, 9.17) is 9.47 Å². The molecular formula is C34H38N3O4+. The predicted molar refractivity (Wildman–Crippen MR) is 158 cm³/mol. The molecule has 1 aromatic heterocycles. The van der Waals surface area contributed by atoms with E-state index in [1.165, 1.54) is 7.11 Å². The summed E-state index contributed by atoms with van der Waals surface area (Å²) < 4.78 is 14.7. The Labute approximate surface area is 242 Å². The average molecular weight is 553 g/mol. The van der Waals surface area contributed by atoms with Crippen LogP contribution < -0.4 is 9.88 Å². The van der Waals surface area contributed by atoms with Crippen molar-refractivity contribution in [1.82, 2.24) is 9.88 Å². The summed E-state index contributed by atoms with van der Waals surface area (Å²) in [5.74, 6) is -0.561. The number of imidazole rings is 1. The van der Waals surface area contributed by atoms with Gasteiger partial charge in [0.05, 0.1) is 7.11 Å². The fraction of sp³-hybridized carbons (Fsp3) is 0.265. The standard InChI is InChI=1S/C34H37N3O4/c1-6-22-36-25-37(24-29(36)23-30(31(38)40-5)35-32(39)41-33(2,3)4)34(26-16-10-7-11-17-26,27-18-12-8-13-19-27)28-20-14-9-15-21-28/h6-21,24-25,30H,1,22-23H2,2-5H3/p+1/t30-/m0/s1. The highest BCUT2D eigenvalue weighted by atomic mass is 16.6. The van der Waals surface area contributed by atoms with E-state index in [1.807, 2.05) is 71.7 Å². The van der Waals surface area contributed by atoms with Crippen LogP contribution in [0.1, 0.15) is 43.2 Å². The fourth-order valence-electron chi connectivity index (χ4n) is 5.13. The molecule has 1 heterocycles. The molecule has 7 nitrogen and oxygen atoms in total. The lowest BCUT2D eigenvalue weighted by molar-refractivity contribution is -0.734. The second-order valence-corrected chi connectivity index (χ2v) is 10.8. The van der Waals surface area contributed by atoms with E-state index in [-0.39, 0.29) is 6.42 Å². The molecule has 0 radical (unpaired) electrons. The van der Waals surface area contributed by atoms with E-state index in [9.17, 15) is 9.59 Å². The summed E-state index contributed by atoms with van der Waals surface area (Å²) in [5, 5.41) is 2.70. The van der Waals surface area contributed by atoms with Crippen molar-refractivity contribution in [2.75, 3.05) is 7.11 Å². The molecule has 0 spiro atoms. The van der Waals surface area contributed by atoms with Crippen molar-refractivity contribution in [3.05, 3.63) is 139 Å². The van der Waals surface area contributed by atoms with Gasteiger partial charge in [-0.25, -0.2) is 18.7 Å². The van der Waals surface area contributed by atoms with Crippen LogP contribution in [0.5, 0.6) is 0 Å². The first kappa shape index (κ1) is 29.3.